The maximum Gasteiger partial charge on any atom is 0.121 e. The average Bonchev–Trinajstić information content (AvgIpc) is 2.33. The highest BCUT2D eigenvalue weighted by atomic mass is 32.2. The van der Waals surface area contributed by atoms with Crippen molar-refractivity contribution in [2.24, 2.45) is 0 Å². The van der Waals surface area contributed by atoms with Gasteiger partial charge in [-0.25, -0.2) is 9.97 Å². The van der Waals surface area contributed by atoms with E-state index < -0.39 is 0 Å². The van der Waals surface area contributed by atoms with E-state index in [2.05, 4.69) is 26.3 Å². The van der Waals surface area contributed by atoms with E-state index in [4.69, 9.17) is 0 Å². The van der Waals surface area contributed by atoms with Gasteiger partial charge in [-0.15, -0.1) is 0 Å². The molecule has 0 spiro atoms. The zero-order chi connectivity index (χ0) is 11.2. The number of nitrogens with zero attached hydrogens (tertiary/aromatic N) is 3. The van der Waals surface area contributed by atoms with Gasteiger partial charge in [-0.1, -0.05) is 6.07 Å². The lowest BCUT2D eigenvalue weighted by Crippen LogP contribution is -2.05. The summed E-state index contributed by atoms with van der Waals surface area (Å²) < 4.78 is 0. The van der Waals surface area contributed by atoms with Gasteiger partial charge in [0.25, 0.3) is 0 Å². The normalized spacial score (nSPS) is 10.3. The summed E-state index contributed by atoms with van der Waals surface area (Å²) in [4.78, 5) is 12.5. The molecule has 0 aliphatic heterocycles. The Hall–Kier alpha value is -1.46. The molecule has 0 saturated carbocycles. The lowest BCUT2D eigenvalue weighted by atomic mass is 10.3. The van der Waals surface area contributed by atoms with Crippen LogP contribution in [0.1, 0.15) is 5.56 Å². The first-order valence-corrected chi connectivity index (χ1v) is 5.73. The van der Waals surface area contributed by atoms with Gasteiger partial charge in [0.15, 0.2) is 0 Å². The van der Waals surface area contributed by atoms with Crippen molar-refractivity contribution in [3.8, 4) is 0 Å². The molecule has 2 heterocycles. The SMILES string of the molecule is CNCc1ccc(Sc2cnccn2)nc1. The number of hydrogen-bond acceptors (Lipinski definition) is 5. The molecule has 0 atom stereocenters. The predicted octanol–water partition coefficient (Wildman–Crippen LogP) is 1.74. The van der Waals surface area contributed by atoms with Gasteiger partial charge in [0.05, 0.1) is 6.20 Å². The van der Waals surface area contributed by atoms with E-state index in [0.29, 0.717) is 0 Å². The standard InChI is InChI=1S/C11H12N4S/c1-12-6-9-2-3-10(15-7-9)16-11-8-13-4-5-14-11/h2-5,7-8,12H,6H2,1H3. The molecule has 5 heteroatoms. The fourth-order valence-electron chi connectivity index (χ4n) is 1.23. The van der Waals surface area contributed by atoms with Gasteiger partial charge >= 0.3 is 0 Å². The molecule has 0 aliphatic rings. The molecule has 0 saturated heterocycles. The van der Waals surface area contributed by atoms with Crippen molar-refractivity contribution in [1.82, 2.24) is 20.3 Å². The molecule has 2 aromatic heterocycles. The number of nitrogens with one attached hydrogen (secondary N) is 1. The molecule has 1 N–H and O–H groups in total. The van der Waals surface area contributed by atoms with Crippen molar-refractivity contribution in [2.75, 3.05) is 7.05 Å². The molecule has 82 valence electrons. The van der Waals surface area contributed by atoms with E-state index in [0.717, 1.165) is 16.6 Å². The summed E-state index contributed by atoms with van der Waals surface area (Å²) in [5.74, 6) is 0. The number of rotatable bonds is 4. The summed E-state index contributed by atoms with van der Waals surface area (Å²) in [6, 6.07) is 4.05. The van der Waals surface area contributed by atoms with Gasteiger partial charge in [0, 0.05) is 25.1 Å². The van der Waals surface area contributed by atoms with Crippen LogP contribution in [0.4, 0.5) is 0 Å². The molecular weight excluding hydrogens is 220 g/mol. The largest absolute Gasteiger partial charge is 0.316 e. The summed E-state index contributed by atoms with van der Waals surface area (Å²) in [6.45, 7) is 0.836. The van der Waals surface area contributed by atoms with E-state index in [1.807, 2.05) is 19.3 Å². The third kappa shape index (κ3) is 3.01. The first-order chi connectivity index (χ1) is 7.88. The molecule has 0 aromatic carbocycles. The summed E-state index contributed by atoms with van der Waals surface area (Å²) in [5.41, 5.74) is 1.17. The van der Waals surface area contributed by atoms with E-state index >= 15 is 0 Å². The lowest BCUT2D eigenvalue weighted by Gasteiger charge is -2.01. The van der Waals surface area contributed by atoms with Gasteiger partial charge in [0.2, 0.25) is 0 Å². The topological polar surface area (TPSA) is 50.7 Å². The first-order valence-electron chi connectivity index (χ1n) is 4.92. The second kappa shape index (κ2) is 5.58. The zero-order valence-corrected chi connectivity index (χ0v) is 9.74. The summed E-state index contributed by atoms with van der Waals surface area (Å²) >= 11 is 1.51. The highest BCUT2D eigenvalue weighted by molar-refractivity contribution is 7.99. The van der Waals surface area contributed by atoms with Crippen molar-refractivity contribution >= 4 is 11.8 Å². The Morgan fingerprint density at radius 3 is 2.69 bits per heavy atom. The highest BCUT2D eigenvalue weighted by Gasteiger charge is 1.99. The molecule has 0 unspecified atom stereocenters. The van der Waals surface area contributed by atoms with E-state index in [9.17, 15) is 0 Å². The molecule has 2 aromatic rings. The van der Waals surface area contributed by atoms with Crippen LogP contribution in [0.2, 0.25) is 0 Å². The Morgan fingerprint density at radius 1 is 1.12 bits per heavy atom. The van der Waals surface area contributed by atoms with E-state index in [1.54, 1.807) is 18.6 Å². The van der Waals surface area contributed by atoms with Crippen LogP contribution in [-0.2, 0) is 6.54 Å². The Labute approximate surface area is 98.6 Å². The molecular formula is C11H12N4S. The third-order valence-electron chi connectivity index (χ3n) is 1.93. The summed E-state index contributed by atoms with van der Waals surface area (Å²) in [5, 5.41) is 4.87. The molecule has 4 nitrogen and oxygen atoms in total. The maximum absolute atomic E-state index is 4.35. The molecule has 0 bridgehead atoms. The average molecular weight is 232 g/mol. The van der Waals surface area contributed by atoms with Crippen LogP contribution in [0.15, 0.2) is 47.0 Å². The third-order valence-corrected chi connectivity index (χ3v) is 2.80. The molecule has 0 fully saturated rings. The zero-order valence-electron chi connectivity index (χ0n) is 8.92. The van der Waals surface area contributed by atoms with Crippen LogP contribution in [0.5, 0.6) is 0 Å². The Bertz CT molecular complexity index is 429. The Balaban J connectivity index is 2.05. The van der Waals surface area contributed by atoms with Crippen LogP contribution in [0.3, 0.4) is 0 Å². The molecule has 0 amide bonds. The second-order valence-corrected chi connectivity index (χ2v) is 4.22. The first kappa shape index (κ1) is 11.0. The summed E-state index contributed by atoms with van der Waals surface area (Å²) in [6.07, 6.45) is 6.94. The minimum absolute atomic E-state index is 0.836. The maximum atomic E-state index is 4.35. The Morgan fingerprint density at radius 2 is 2.06 bits per heavy atom. The predicted molar refractivity (Wildman–Crippen MR) is 63.2 cm³/mol. The Kier molecular flexibility index (Phi) is 3.85. The number of hydrogen-bond donors (Lipinski definition) is 1. The van der Waals surface area contributed by atoms with Crippen molar-refractivity contribution in [2.45, 2.75) is 16.6 Å². The smallest absolute Gasteiger partial charge is 0.121 e. The van der Waals surface area contributed by atoms with Crippen LogP contribution in [-0.4, -0.2) is 22.0 Å². The van der Waals surface area contributed by atoms with Gasteiger partial charge in [-0.2, -0.15) is 0 Å². The lowest BCUT2D eigenvalue weighted by molar-refractivity contribution is 0.809. The van der Waals surface area contributed by atoms with Gasteiger partial charge < -0.3 is 5.32 Å². The van der Waals surface area contributed by atoms with Crippen molar-refractivity contribution in [3.05, 3.63) is 42.5 Å². The summed E-state index contributed by atoms with van der Waals surface area (Å²) in [7, 11) is 1.92. The second-order valence-electron chi connectivity index (χ2n) is 3.18. The van der Waals surface area contributed by atoms with Gasteiger partial charge in [-0.3, -0.25) is 4.98 Å². The number of aromatic nitrogens is 3. The fraction of sp³-hybridized carbons (Fsp3) is 0.182. The van der Waals surface area contributed by atoms with Crippen LogP contribution in [0, 0.1) is 0 Å². The molecule has 0 aliphatic carbocycles. The fourth-order valence-corrected chi connectivity index (χ4v) is 1.91. The van der Waals surface area contributed by atoms with Crippen molar-refractivity contribution < 1.29 is 0 Å². The molecule has 16 heavy (non-hydrogen) atoms. The monoisotopic (exact) mass is 232 g/mol. The highest BCUT2D eigenvalue weighted by Crippen LogP contribution is 2.22. The van der Waals surface area contributed by atoms with Crippen LogP contribution < -0.4 is 5.32 Å². The minimum atomic E-state index is 0.836. The number of pyridine rings is 1. The molecule has 0 radical (unpaired) electrons. The van der Waals surface area contributed by atoms with Crippen LogP contribution >= 0.6 is 11.8 Å². The van der Waals surface area contributed by atoms with Gasteiger partial charge in [0.1, 0.15) is 10.1 Å². The molecule has 2 rings (SSSR count). The van der Waals surface area contributed by atoms with Crippen molar-refractivity contribution in [1.29, 1.82) is 0 Å². The minimum Gasteiger partial charge on any atom is -0.316 e. The quantitative estimate of drug-likeness (QED) is 0.870. The van der Waals surface area contributed by atoms with E-state index in [1.165, 1.54) is 17.3 Å². The van der Waals surface area contributed by atoms with Crippen molar-refractivity contribution in [3.63, 3.8) is 0 Å². The van der Waals surface area contributed by atoms with Gasteiger partial charge in [-0.05, 0) is 30.4 Å². The van der Waals surface area contributed by atoms with Crippen LogP contribution in [0.25, 0.3) is 0 Å². The van der Waals surface area contributed by atoms with E-state index in [-0.39, 0.29) is 0 Å².